The largest absolute Gasteiger partial charge is 0.356 e. The molecule has 0 aliphatic heterocycles. The first-order chi connectivity index (χ1) is 13.9. The predicted octanol–water partition coefficient (Wildman–Crippen LogP) is 2.72. The lowest BCUT2D eigenvalue weighted by Crippen LogP contribution is -2.48. The van der Waals surface area contributed by atoms with Gasteiger partial charge in [-0.2, -0.15) is 0 Å². The van der Waals surface area contributed by atoms with E-state index in [2.05, 4.69) is 46.0 Å². The van der Waals surface area contributed by atoms with E-state index < -0.39 is 10.0 Å². The topological polar surface area (TPSA) is 73.8 Å². The number of nitrogens with one attached hydrogen (secondary N) is 2. The Balaban J connectivity index is 1.57. The van der Waals surface area contributed by atoms with Crippen LogP contribution in [0, 0.1) is 0 Å². The minimum atomic E-state index is -3.40. The van der Waals surface area contributed by atoms with Crippen molar-refractivity contribution in [1.29, 1.82) is 0 Å². The van der Waals surface area contributed by atoms with Crippen molar-refractivity contribution in [2.45, 2.75) is 36.1 Å². The fourth-order valence-corrected chi connectivity index (χ4v) is 4.51. The Morgan fingerprint density at radius 1 is 1.03 bits per heavy atom. The molecule has 0 amide bonds. The Morgan fingerprint density at radius 3 is 2.21 bits per heavy atom. The van der Waals surface area contributed by atoms with Gasteiger partial charge >= 0.3 is 0 Å². The number of rotatable bonds is 7. The summed E-state index contributed by atoms with van der Waals surface area (Å²) < 4.78 is 25.6. The van der Waals surface area contributed by atoms with Crippen molar-refractivity contribution in [1.82, 2.24) is 14.9 Å². The van der Waals surface area contributed by atoms with Crippen molar-refractivity contribution in [3.8, 4) is 0 Å². The van der Waals surface area contributed by atoms with Crippen LogP contribution in [-0.2, 0) is 22.0 Å². The summed E-state index contributed by atoms with van der Waals surface area (Å²) in [5.41, 5.74) is 2.56. The van der Waals surface area contributed by atoms with Crippen LogP contribution in [-0.4, -0.2) is 46.4 Å². The van der Waals surface area contributed by atoms with Gasteiger partial charge in [-0.25, -0.2) is 12.7 Å². The summed E-state index contributed by atoms with van der Waals surface area (Å²) >= 11 is 0. The monoisotopic (exact) mass is 414 g/mol. The summed E-state index contributed by atoms with van der Waals surface area (Å²) in [6.07, 6.45) is 3.62. The summed E-state index contributed by atoms with van der Waals surface area (Å²) in [4.78, 5) is 4.63. The molecule has 7 heteroatoms. The molecule has 156 valence electrons. The second kappa shape index (κ2) is 8.97. The van der Waals surface area contributed by atoms with Crippen LogP contribution >= 0.6 is 0 Å². The third-order valence-electron chi connectivity index (χ3n) is 5.68. The van der Waals surface area contributed by atoms with E-state index in [-0.39, 0.29) is 5.41 Å². The summed E-state index contributed by atoms with van der Waals surface area (Å²) in [5.74, 6) is 0.747. The molecule has 2 aromatic rings. The first-order valence-electron chi connectivity index (χ1n) is 9.89. The molecule has 1 aliphatic rings. The molecule has 6 nitrogen and oxygen atoms in total. The van der Waals surface area contributed by atoms with E-state index in [1.807, 2.05) is 12.1 Å². The van der Waals surface area contributed by atoms with Crippen LogP contribution in [0.3, 0.4) is 0 Å². The zero-order valence-electron chi connectivity index (χ0n) is 17.4. The second-order valence-electron chi connectivity index (χ2n) is 7.71. The molecule has 0 heterocycles. The number of hydrogen-bond donors (Lipinski definition) is 2. The number of sulfonamides is 1. The third kappa shape index (κ3) is 4.79. The normalized spacial score (nSPS) is 16.3. The van der Waals surface area contributed by atoms with E-state index in [1.165, 1.54) is 43.2 Å². The molecule has 1 aliphatic carbocycles. The minimum absolute atomic E-state index is 0.182. The van der Waals surface area contributed by atoms with Gasteiger partial charge in [0.05, 0.1) is 4.90 Å². The first kappa shape index (κ1) is 21.3. The van der Waals surface area contributed by atoms with Crippen molar-refractivity contribution in [3.63, 3.8) is 0 Å². The Morgan fingerprint density at radius 2 is 1.69 bits per heavy atom. The smallest absolute Gasteiger partial charge is 0.242 e. The van der Waals surface area contributed by atoms with Gasteiger partial charge in [0, 0.05) is 39.6 Å². The van der Waals surface area contributed by atoms with Crippen molar-refractivity contribution in [2.75, 3.05) is 27.7 Å². The summed E-state index contributed by atoms with van der Waals surface area (Å²) in [6, 6.07) is 17.6. The van der Waals surface area contributed by atoms with Crippen molar-refractivity contribution in [3.05, 3.63) is 65.7 Å². The lowest BCUT2D eigenvalue weighted by Gasteiger charge is -2.43. The quantitative estimate of drug-likeness (QED) is 0.540. The molecule has 0 bridgehead atoms. The van der Waals surface area contributed by atoms with Gasteiger partial charge in [-0.3, -0.25) is 4.99 Å². The highest BCUT2D eigenvalue weighted by Gasteiger charge is 2.38. The van der Waals surface area contributed by atoms with E-state index in [1.54, 1.807) is 19.2 Å². The Kier molecular flexibility index (Phi) is 6.59. The number of hydrogen-bond acceptors (Lipinski definition) is 3. The van der Waals surface area contributed by atoms with Crippen molar-refractivity contribution >= 4 is 16.0 Å². The van der Waals surface area contributed by atoms with Crippen LogP contribution < -0.4 is 10.6 Å². The van der Waals surface area contributed by atoms with Crippen LogP contribution in [0.1, 0.15) is 30.4 Å². The average Bonchev–Trinajstić information content (AvgIpc) is 2.70. The van der Waals surface area contributed by atoms with E-state index in [0.717, 1.165) is 18.1 Å². The van der Waals surface area contributed by atoms with Gasteiger partial charge in [0.2, 0.25) is 10.0 Å². The van der Waals surface area contributed by atoms with Gasteiger partial charge in [0.1, 0.15) is 0 Å². The molecule has 3 rings (SSSR count). The molecular formula is C22H30N4O2S. The first-order valence-corrected chi connectivity index (χ1v) is 11.3. The van der Waals surface area contributed by atoms with Gasteiger partial charge in [0.25, 0.3) is 0 Å². The second-order valence-corrected chi connectivity index (χ2v) is 9.86. The third-order valence-corrected chi connectivity index (χ3v) is 7.51. The Hall–Kier alpha value is -2.38. The average molecular weight is 415 g/mol. The van der Waals surface area contributed by atoms with Gasteiger partial charge < -0.3 is 10.6 Å². The van der Waals surface area contributed by atoms with Gasteiger partial charge in [-0.15, -0.1) is 0 Å². The molecule has 2 aromatic carbocycles. The van der Waals surface area contributed by atoms with Crippen molar-refractivity contribution in [2.24, 2.45) is 4.99 Å². The predicted molar refractivity (Wildman–Crippen MR) is 117 cm³/mol. The van der Waals surface area contributed by atoms with Crippen LogP contribution in [0.25, 0.3) is 0 Å². The highest BCUT2D eigenvalue weighted by Crippen LogP contribution is 2.43. The molecule has 0 spiro atoms. The zero-order chi connectivity index (χ0) is 20.9. The number of nitrogens with zero attached hydrogens (tertiary/aromatic N) is 2. The summed E-state index contributed by atoms with van der Waals surface area (Å²) in [6.45, 7) is 1.41. The minimum Gasteiger partial charge on any atom is -0.356 e. The van der Waals surface area contributed by atoms with E-state index in [9.17, 15) is 8.42 Å². The number of benzene rings is 2. The molecule has 0 saturated heterocycles. The molecule has 29 heavy (non-hydrogen) atoms. The number of aliphatic imine (C=N–C) groups is 1. The lowest BCUT2D eigenvalue weighted by molar-refractivity contribution is 0.244. The molecule has 0 aromatic heterocycles. The number of guanidine groups is 1. The van der Waals surface area contributed by atoms with Crippen LogP contribution in [0.5, 0.6) is 0 Å². The van der Waals surface area contributed by atoms with Crippen LogP contribution in [0.2, 0.25) is 0 Å². The summed E-state index contributed by atoms with van der Waals surface area (Å²) in [7, 11) is 1.43. The maximum atomic E-state index is 12.2. The molecular weight excluding hydrogens is 384 g/mol. The maximum absolute atomic E-state index is 12.2. The van der Waals surface area contributed by atoms with E-state index >= 15 is 0 Å². The molecule has 0 unspecified atom stereocenters. The Labute approximate surface area is 174 Å². The Bertz CT molecular complexity index is 935. The van der Waals surface area contributed by atoms with Gasteiger partial charge in [0.15, 0.2) is 5.96 Å². The standard InChI is InChI=1S/C22H30N4O2S/c1-23-21(25-17-22(14-7-15-22)19-8-5-4-6-9-19)24-16-18-10-12-20(13-11-18)29(27,28)26(2)3/h4-6,8-13H,7,14-17H2,1-3H3,(H2,23,24,25). The van der Waals surface area contributed by atoms with Crippen LogP contribution in [0.15, 0.2) is 64.5 Å². The summed E-state index contributed by atoms with van der Waals surface area (Å²) in [5, 5.41) is 6.79. The van der Waals surface area contributed by atoms with Gasteiger partial charge in [-0.05, 0) is 36.1 Å². The highest BCUT2D eigenvalue weighted by molar-refractivity contribution is 7.89. The fourth-order valence-electron chi connectivity index (χ4n) is 3.61. The molecule has 0 radical (unpaired) electrons. The molecule has 1 fully saturated rings. The molecule has 1 saturated carbocycles. The highest BCUT2D eigenvalue weighted by atomic mass is 32.2. The molecule has 2 N–H and O–H groups in total. The SMILES string of the molecule is CN=C(NCc1ccc(S(=O)(=O)N(C)C)cc1)NCC1(c2ccccc2)CCC1. The van der Waals surface area contributed by atoms with E-state index in [0.29, 0.717) is 11.4 Å². The van der Waals surface area contributed by atoms with Crippen molar-refractivity contribution < 1.29 is 8.42 Å². The fraction of sp³-hybridized carbons (Fsp3) is 0.409. The zero-order valence-corrected chi connectivity index (χ0v) is 18.2. The van der Waals surface area contributed by atoms with E-state index in [4.69, 9.17) is 0 Å². The lowest BCUT2D eigenvalue weighted by atomic mass is 9.64. The van der Waals surface area contributed by atoms with Gasteiger partial charge in [-0.1, -0.05) is 48.9 Å². The van der Waals surface area contributed by atoms with Crippen LogP contribution in [0.4, 0.5) is 0 Å². The maximum Gasteiger partial charge on any atom is 0.242 e. The molecule has 0 atom stereocenters.